The topological polar surface area (TPSA) is 24.1 Å². The summed E-state index contributed by atoms with van der Waals surface area (Å²) >= 11 is 0. The van der Waals surface area contributed by atoms with Crippen LogP contribution >= 0.6 is 0 Å². The van der Waals surface area contributed by atoms with Gasteiger partial charge >= 0.3 is 0 Å². The zero-order valence-electron chi connectivity index (χ0n) is 12.0. The molecule has 0 radical (unpaired) electrons. The van der Waals surface area contributed by atoms with Gasteiger partial charge in [-0.2, -0.15) is 0 Å². The standard InChI is InChI=1S/C17H26N2/c1-2-16(11-13-8-9-13)19-12-15-6-3-5-14-7-4-10-18-17(14)15/h3,5-6,13,16,18-19H,2,4,7-12H2,1H3. The van der Waals surface area contributed by atoms with Crippen LogP contribution in [0.3, 0.4) is 0 Å². The first-order valence-corrected chi connectivity index (χ1v) is 7.95. The van der Waals surface area contributed by atoms with Gasteiger partial charge in [0.05, 0.1) is 0 Å². The second-order valence-corrected chi connectivity index (χ2v) is 6.15. The van der Waals surface area contributed by atoms with Gasteiger partial charge in [-0.1, -0.05) is 38.0 Å². The summed E-state index contributed by atoms with van der Waals surface area (Å²) < 4.78 is 0. The van der Waals surface area contributed by atoms with Crippen molar-refractivity contribution in [2.45, 2.75) is 58.0 Å². The van der Waals surface area contributed by atoms with Gasteiger partial charge in [-0.05, 0) is 42.7 Å². The van der Waals surface area contributed by atoms with Crippen LogP contribution in [-0.2, 0) is 13.0 Å². The average Bonchev–Trinajstić information content (AvgIpc) is 3.27. The maximum atomic E-state index is 3.77. The van der Waals surface area contributed by atoms with E-state index in [1.807, 2.05) is 0 Å². The van der Waals surface area contributed by atoms with Crippen LogP contribution in [0.5, 0.6) is 0 Å². The highest BCUT2D eigenvalue weighted by molar-refractivity contribution is 5.59. The maximum Gasteiger partial charge on any atom is 0.0418 e. The molecule has 0 amide bonds. The molecule has 1 aliphatic heterocycles. The Balaban J connectivity index is 1.62. The van der Waals surface area contributed by atoms with E-state index < -0.39 is 0 Å². The lowest BCUT2D eigenvalue weighted by Crippen LogP contribution is -2.29. The van der Waals surface area contributed by atoms with E-state index in [1.165, 1.54) is 55.3 Å². The lowest BCUT2D eigenvalue weighted by Gasteiger charge is -2.23. The van der Waals surface area contributed by atoms with Crippen molar-refractivity contribution in [1.29, 1.82) is 0 Å². The molecule has 0 saturated heterocycles. The number of nitrogens with one attached hydrogen (secondary N) is 2. The van der Waals surface area contributed by atoms with E-state index in [9.17, 15) is 0 Å². The molecule has 1 unspecified atom stereocenters. The molecule has 1 aliphatic carbocycles. The van der Waals surface area contributed by atoms with Crippen molar-refractivity contribution >= 4 is 5.69 Å². The molecule has 2 nitrogen and oxygen atoms in total. The summed E-state index contributed by atoms with van der Waals surface area (Å²) in [6, 6.07) is 7.46. The fourth-order valence-corrected chi connectivity index (χ4v) is 3.13. The Morgan fingerprint density at radius 3 is 3.05 bits per heavy atom. The second kappa shape index (κ2) is 5.96. The lowest BCUT2D eigenvalue weighted by atomic mass is 9.99. The van der Waals surface area contributed by atoms with Gasteiger partial charge in [0.2, 0.25) is 0 Å². The molecule has 1 heterocycles. The molecule has 0 aromatic heterocycles. The van der Waals surface area contributed by atoms with Crippen molar-refractivity contribution in [2.24, 2.45) is 5.92 Å². The third-order valence-electron chi connectivity index (χ3n) is 4.55. The van der Waals surface area contributed by atoms with Gasteiger partial charge in [0.15, 0.2) is 0 Å². The van der Waals surface area contributed by atoms with Crippen molar-refractivity contribution in [3.63, 3.8) is 0 Å². The van der Waals surface area contributed by atoms with Crippen LogP contribution in [0, 0.1) is 5.92 Å². The van der Waals surface area contributed by atoms with E-state index in [0.717, 1.165) is 19.0 Å². The number of hydrogen-bond donors (Lipinski definition) is 2. The number of aryl methyl sites for hydroxylation is 1. The molecule has 1 saturated carbocycles. The zero-order chi connectivity index (χ0) is 13.1. The highest BCUT2D eigenvalue weighted by Gasteiger charge is 2.24. The SMILES string of the molecule is CCC(CC1CC1)NCc1cccc2c1NCCC2. The van der Waals surface area contributed by atoms with E-state index in [2.05, 4.69) is 35.8 Å². The van der Waals surface area contributed by atoms with E-state index >= 15 is 0 Å². The summed E-state index contributed by atoms with van der Waals surface area (Å²) in [6.45, 7) is 4.45. The summed E-state index contributed by atoms with van der Waals surface area (Å²) in [4.78, 5) is 0. The third kappa shape index (κ3) is 3.30. The van der Waals surface area contributed by atoms with Crippen molar-refractivity contribution < 1.29 is 0 Å². The number of anilines is 1. The summed E-state index contributed by atoms with van der Waals surface area (Å²) in [5.74, 6) is 1.01. The number of benzene rings is 1. The minimum absolute atomic E-state index is 0.701. The Kier molecular flexibility index (Phi) is 4.07. The summed E-state index contributed by atoms with van der Waals surface area (Å²) in [6.07, 6.45) is 8.04. The first-order chi connectivity index (χ1) is 9.36. The van der Waals surface area contributed by atoms with Crippen molar-refractivity contribution in [1.82, 2.24) is 5.32 Å². The van der Waals surface area contributed by atoms with Gasteiger partial charge in [-0.15, -0.1) is 0 Å². The largest absolute Gasteiger partial charge is 0.385 e. The Labute approximate surface area is 117 Å². The molecule has 2 heteroatoms. The Morgan fingerprint density at radius 2 is 2.26 bits per heavy atom. The monoisotopic (exact) mass is 258 g/mol. The fourth-order valence-electron chi connectivity index (χ4n) is 3.13. The molecule has 0 spiro atoms. The highest BCUT2D eigenvalue weighted by atomic mass is 14.9. The number of rotatable bonds is 6. The predicted molar refractivity (Wildman–Crippen MR) is 81.5 cm³/mol. The summed E-state index contributed by atoms with van der Waals surface area (Å²) in [5, 5.41) is 7.35. The summed E-state index contributed by atoms with van der Waals surface area (Å²) in [5.41, 5.74) is 4.36. The molecule has 104 valence electrons. The third-order valence-corrected chi connectivity index (χ3v) is 4.55. The van der Waals surface area contributed by atoms with Gasteiger partial charge < -0.3 is 10.6 Å². The van der Waals surface area contributed by atoms with Gasteiger partial charge in [0, 0.05) is 24.8 Å². The lowest BCUT2D eigenvalue weighted by molar-refractivity contribution is 0.445. The molecule has 1 aromatic rings. The van der Waals surface area contributed by atoms with Crippen molar-refractivity contribution in [3.8, 4) is 0 Å². The molecule has 1 aromatic carbocycles. The van der Waals surface area contributed by atoms with E-state index in [4.69, 9.17) is 0 Å². The van der Waals surface area contributed by atoms with E-state index in [-0.39, 0.29) is 0 Å². The number of para-hydroxylation sites is 1. The smallest absolute Gasteiger partial charge is 0.0418 e. The molecule has 2 N–H and O–H groups in total. The van der Waals surface area contributed by atoms with Crippen molar-refractivity contribution in [2.75, 3.05) is 11.9 Å². The van der Waals surface area contributed by atoms with Crippen LogP contribution in [-0.4, -0.2) is 12.6 Å². The first-order valence-electron chi connectivity index (χ1n) is 7.95. The molecular formula is C17H26N2. The molecule has 1 atom stereocenters. The predicted octanol–water partition coefficient (Wildman–Crippen LogP) is 3.71. The van der Waals surface area contributed by atoms with Crippen LogP contribution < -0.4 is 10.6 Å². The molecule has 19 heavy (non-hydrogen) atoms. The Hall–Kier alpha value is -1.02. The van der Waals surface area contributed by atoms with Crippen LogP contribution in [0.15, 0.2) is 18.2 Å². The molecule has 0 bridgehead atoms. The van der Waals surface area contributed by atoms with Crippen LogP contribution in [0.1, 0.15) is 50.2 Å². The van der Waals surface area contributed by atoms with Crippen molar-refractivity contribution in [3.05, 3.63) is 29.3 Å². The fraction of sp³-hybridized carbons (Fsp3) is 0.647. The van der Waals surface area contributed by atoms with Gasteiger partial charge in [-0.25, -0.2) is 0 Å². The van der Waals surface area contributed by atoms with E-state index in [0.29, 0.717) is 6.04 Å². The van der Waals surface area contributed by atoms with Gasteiger partial charge in [-0.3, -0.25) is 0 Å². The number of hydrogen-bond acceptors (Lipinski definition) is 2. The number of fused-ring (bicyclic) bond motifs is 1. The van der Waals surface area contributed by atoms with E-state index in [1.54, 1.807) is 0 Å². The van der Waals surface area contributed by atoms with Crippen LogP contribution in [0.2, 0.25) is 0 Å². The van der Waals surface area contributed by atoms with Gasteiger partial charge in [0.1, 0.15) is 0 Å². The molecule has 2 aliphatic rings. The maximum absolute atomic E-state index is 3.77. The minimum atomic E-state index is 0.701. The Bertz CT molecular complexity index is 423. The highest BCUT2D eigenvalue weighted by Crippen LogP contribution is 2.34. The molecule has 1 fully saturated rings. The van der Waals surface area contributed by atoms with Crippen LogP contribution in [0.4, 0.5) is 5.69 Å². The minimum Gasteiger partial charge on any atom is -0.385 e. The average molecular weight is 258 g/mol. The molecule has 3 rings (SSSR count). The first kappa shape index (κ1) is 13.0. The Morgan fingerprint density at radius 1 is 1.37 bits per heavy atom. The van der Waals surface area contributed by atoms with Crippen LogP contribution in [0.25, 0.3) is 0 Å². The zero-order valence-corrected chi connectivity index (χ0v) is 12.0. The normalized spacial score (nSPS) is 19.6. The summed E-state index contributed by atoms with van der Waals surface area (Å²) in [7, 11) is 0. The molecular weight excluding hydrogens is 232 g/mol. The second-order valence-electron chi connectivity index (χ2n) is 6.15. The quantitative estimate of drug-likeness (QED) is 0.812. The van der Waals surface area contributed by atoms with Gasteiger partial charge in [0.25, 0.3) is 0 Å².